The fourth-order valence-corrected chi connectivity index (χ4v) is 2.72. The Kier molecular flexibility index (Phi) is 6.74. The normalized spacial score (nSPS) is 16.2. The summed E-state index contributed by atoms with van der Waals surface area (Å²) in [6, 6.07) is 9.38. The summed E-state index contributed by atoms with van der Waals surface area (Å²) in [4.78, 5) is 26.2. The van der Waals surface area contributed by atoms with Crippen LogP contribution in [0, 0.1) is 11.3 Å². The fourth-order valence-electron chi connectivity index (χ4n) is 2.72. The van der Waals surface area contributed by atoms with Crippen LogP contribution in [0.5, 0.6) is 5.75 Å². The van der Waals surface area contributed by atoms with Gasteiger partial charge in [-0.1, -0.05) is 32.4 Å². The van der Waals surface area contributed by atoms with E-state index in [0.717, 1.165) is 29.1 Å². The van der Waals surface area contributed by atoms with Gasteiger partial charge in [-0.3, -0.25) is 14.5 Å². The lowest BCUT2D eigenvalue weighted by molar-refractivity contribution is -0.140. The molecule has 0 saturated carbocycles. The van der Waals surface area contributed by atoms with Crippen LogP contribution in [0.2, 0.25) is 0 Å². The van der Waals surface area contributed by atoms with Gasteiger partial charge < -0.3 is 4.74 Å². The van der Waals surface area contributed by atoms with E-state index < -0.39 is 5.91 Å². The molecule has 0 fully saturated rings. The number of hydrogen-bond donors (Lipinski definition) is 0. The maximum atomic E-state index is 12.7. The average Bonchev–Trinajstić information content (AvgIpc) is 2.64. The van der Waals surface area contributed by atoms with E-state index in [2.05, 4.69) is 6.92 Å². The summed E-state index contributed by atoms with van der Waals surface area (Å²) in [7, 11) is 0. The number of nitrogens with zero attached hydrogens (tertiary/aromatic N) is 2. The van der Waals surface area contributed by atoms with Crippen LogP contribution in [-0.4, -0.2) is 29.9 Å². The molecule has 0 radical (unpaired) electrons. The Bertz CT molecular complexity index is 782. The van der Waals surface area contributed by atoms with Crippen molar-refractivity contribution in [3.63, 3.8) is 0 Å². The van der Waals surface area contributed by atoms with Crippen molar-refractivity contribution >= 4 is 17.9 Å². The minimum Gasteiger partial charge on any atom is -0.494 e. The van der Waals surface area contributed by atoms with Crippen molar-refractivity contribution in [2.75, 3.05) is 13.2 Å². The number of nitriles is 1. The lowest BCUT2D eigenvalue weighted by Crippen LogP contribution is -2.43. The van der Waals surface area contributed by atoms with Crippen molar-refractivity contribution in [1.29, 1.82) is 5.26 Å². The Morgan fingerprint density at radius 2 is 1.81 bits per heavy atom. The molecule has 1 aromatic carbocycles. The summed E-state index contributed by atoms with van der Waals surface area (Å²) >= 11 is 0. The molecule has 0 spiro atoms. The van der Waals surface area contributed by atoms with Gasteiger partial charge in [0.2, 0.25) is 0 Å². The van der Waals surface area contributed by atoms with Crippen LogP contribution in [0.1, 0.15) is 45.6 Å². The monoisotopic (exact) mass is 352 g/mol. The van der Waals surface area contributed by atoms with Gasteiger partial charge in [-0.15, -0.1) is 0 Å². The predicted octanol–water partition coefficient (Wildman–Crippen LogP) is 3.87. The van der Waals surface area contributed by atoms with E-state index in [1.165, 1.54) is 0 Å². The molecule has 0 saturated heterocycles. The zero-order chi connectivity index (χ0) is 19.1. The number of ether oxygens (including phenoxy) is 1. The van der Waals surface area contributed by atoms with E-state index in [1.54, 1.807) is 13.0 Å². The lowest BCUT2D eigenvalue weighted by Gasteiger charge is -2.27. The van der Waals surface area contributed by atoms with Crippen molar-refractivity contribution in [2.24, 2.45) is 0 Å². The molecule has 1 aromatic rings. The summed E-state index contributed by atoms with van der Waals surface area (Å²) in [5, 5.41) is 9.32. The van der Waals surface area contributed by atoms with Gasteiger partial charge in [0.1, 0.15) is 17.4 Å². The Hall–Kier alpha value is -2.87. The second kappa shape index (κ2) is 9.00. The molecule has 2 rings (SSSR count). The number of benzene rings is 1. The highest BCUT2D eigenvalue weighted by Crippen LogP contribution is 2.27. The van der Waals surface area contributed by atoms with Crippen LogP contribution in [0.15, 0.2) is 41.0 Å². The van der Waals surface area contributed by atoms with Crippen molar-refractivity contribution < 1.29 is 14.3 Å². The van der Waals surface area contributed by atoms with Crippen LogP contribution in [0.3, 0.4) is 0 Å². The van der Waals surface area contributed by atoms with Gasteiger partial charge >= 0.3 is 0 Å². The average molecular weight is 352 g/mol. The first-order valence-corrected chi connectivity index (χ1v) is 8.95. The lowest BCUT2D eigenvalue weighted by atomic mass is 9.93. The van der Waals surface area contributed by atoms with Crippen molar-refractivity contribution in [3.05, 3.63) is 46.5 Å². The molecule has 5 nitrogen and oxygen atoms in total. The third-order valence-electron chi connectivity index (χ3n) is 4.23. The highest BCUT2D eigenvalue weighted by Gasteiger charge is 2.34. The number of imide groups is 1. The quantitative estimate of drug-likeness (QED) is 0.424. The first-order chi connectivity index (χ1) is 12.5. The third kappa shape index (κ3) is 4.20. The van der Waals surface area contributed by atoms with Gasteiger partial charge in [-0.05, 0) is 49.1 Å². The van der Waals surface area contributed by atoms with Gasteiger partial charge in [-0.2, -0.15) is 5.26 Å². The van der Waals surface area contributed by atoms with Gasteiger partial charge in [-0.25, -0.2) is 0 Å². The van der Waals surface area contributed by atoms with E-state index in [4.69, 9.17) is 4.74 Å². The maximum absolute atomic E-state index is 12.7. The SMILES string of the molecule is CCCCOc1ccc(/C=C2/C(=O)N(CCC)C(=O)C(C#N)=C2C)cc1. The molecule has 1 aliphatic rings. The number of amides is 2. The third-order valence-corrected chi connectivity index (χ3v) is 4.23. The predicted molar refractivity (Wildman–Crippen MR) is 100 cm³/mol. The first kappa shape index (κ1) is 19.5. The minimum atomic E-state index is -0.506. The number of rotatable bonds is 7. The minimum absolute atomic E-state index is 0.0313. The number of unbranched alkanes of at least 4 members (excludes halogenated alkanes) is 1. The first-order valence-electron chi connectivity index (χ1n) is 8.95. The highest BCUT2D eigenvalue weighted by atomic mass is 16.5. The van der Waals surface area contributed by atoms with Gasteiger partial charge in [0, 0.05) is 12.1 Å². The molecule has 5 heteroatoms. The highest BCUT2D eigenvalue weighted by molar-refractivity contribution is 6.19. The fraction of sp³-hybridized carbons (Fsp3) is 0.381. The van der Waals surface area contributed by atoms with Crippen LogP contribution in [0.25, 0.3) is 6.08 Å². The molecule has 0 atom stereocenters. The van der Waals surface area contributed by atoms with E-state index in [-0.39, 0.29) is 11.5 Å². The number of carbonyl (C=O) groups excluding carboxylic acids is 2. The van der Waals surface area contributed by atoms with Crippen molar-refractivity contribution in [2.45, 2.75) is 40.0 Å². The maximum Gasteiger partial charge on any atom is 0.271 e. The Balaban J connectivity index is 2.32. The second-order valence-electron chi connectivity index (χ2n) is 6.20. The second-order valence-corrected chi connectivity index (χ2v) is 6.20. The Morgan fingerprint density at radius 3 is 2.38 bits per heavy atom. The molecule has 1 heterocycles. The van der Waals surface area contributed by atoms with Crippen molar-refractivity contribution in [1.82, 2.24) is 4.90 Å². The molecule has 0 aromatic heterocycles. The van der Waals surface area contributed by atoms with Crippen LogP contribution in [0.4, 0.5) is 0 Å². The summed E-state index contributed by atoms with van der Waals surface area (Å²) in [5.74, 6) is -0.0753. The van der Waals surface area contributed by atoms with Gasteiger partial charge in [0.15, 0.2) is 0 Å². The molecular formula is C21H24N2O3. The Labute approximate surface area is 154 Å². The molecule has 1 aliphatic heterocycles. The molecule has 0 aliphatic carbocycles. The molecule has 0 N–H and O–H groups in total. The van der Waals surface area contributed by atoms with Crippen LogP contribution >= 0.6 is 0 Å². The molecule has 2 amide bonds. The zero-order valence-electron chi connectivity index (χ0n) is 15.5. The van der Waals surface area contributed by atoms with E-state index in [1.807, 2.05) is 37.3 Å². The van der Waals surface area contributed by atoms with Gasteiger partial charge in [0.05, 0.1) is 6.61 Å². The largest absolute Gasteiger partial charge is 0.494 e. The molecule has 26 heavy (non-hydrogen) atoms. The smallest absolute Gasteiger partial charge is 0.271 e. The zero-order valence-corrected chi connectivity index (χ0v) is 15.5. The molecule has 0 bridgehead atoms. The Morgan fingerprint density at radius 1 is 1.12 bits per heavy atom. The van der Waals surface area contributed by atoms with Crippen molar-refractivity contribution in [3.8, 4) is 11.8 Å². The van der Waals surface area contributed by atoms with Crippen LogP contribution < -0.4 is 4.74 Å². The number of carbonyl (C=O) groups is 2. The molecular weight excluding hydrogens is 328 g/mol. The molecule has 0 unspecified atom stereocenters. The summed E-state index contributed by atoms with van der Waals surface area (Å²) in [5.41, 5.74) is 1.66. The van der Waals surface area contributed by atoms with E-state index in [9.17, 15) is 14.9 Å². The topological polar surface area (TPSA) is 70.4 Å². The standard InChI is InChI=1S/C21H24N2O3/c1-4-6-12-26-17-9-7-16(8-10-17)13-18-15(3)19(14-22)21(25)23(11-5-2)20(18)24/h7-10,13H,4-6,11-12H2,1-3H3/b18-13+. The summed E-state index contributed by atoms with van der Waals surface area (Å²) in [6.07, 6.45) is 4.45. The number of hydrogen-bond acceptors (Lipinski definition) is 4. The van der Waals surface area contributed by atoms with E-state index in [0.29, 0.717) is 30.7 Å². The van der Waals surface area contributed by atoms with Gasteiger partial charge in [0.25, 0.3) is 11.8 Å². The van der Waals surface area contributed by atoms with Crippen LogP contribution in [-0.2, 0) is 9.59 Å². The molecule has 136 valence electrons. The summed E-state index contributed by atoms with van der Waals surface area (Å²) in [6.45, 7) is 6.62. The van der Waals surface area contributed by atoms with E-state index >= 15 is 0 Å². The summed E-state index contributed by atoms with van der Waals surface area (Å²) < 4.78 is 5.64.